The van der Waals surface area contributed by atoms with E-state index in [2.05, 4.69) is 6.92 Å². The van der Waals surface area contributed by atoms with E-state index in [1.165, 1.54) is 0 Å². The standard InChI is InChI=1S/C12H22O4/c1-10(7-5-9-12(15)16)6-3-2-4-8-11(13)14/h10H,2-9H2,1H3,(H,13,14)(H,15,16). The van der Waals surface area contributed by atoms with Crippen molar-refractivity contribution in [2.45, 2.75) is 58.3 Å². The van der Waals surface area contributed by atoms with Crippen LogP contribution < -0.4 is 0 Å². The quantitative estimate of drug-likeness (QED) is 0.566. The van der Waals surface area contributed by atoms with E-state index in [0.29, 0.717) is 5.92 Å². The van der Waals surface area contributed by atoms with Crippen molar-refractivity contribution in [2.24, 2.45) is 5.92 Å². The average Bonchev–Trinajstić information content (AvgIpc) is 2.16. The van der Waals surface area contributed by atoms with E-state index >= 15 is 0 Å². The van der Waals surface area contributed by atoms with Crippen LogP contribution in [0.1, 0.15) is 58.3 Å². The number of rotatable bonds is 10. The van der Waals surface area contributed by atoms with Gasteiger partial charge in [0.25, 0.3) is 0 Å². The van der Waals surface area contributed by atoms with Crippen LogP contribution in [0.15, 0.2) is 0 Å². The predicted molar refractivity (Wildman–Crippen MR) is 61.4 cm³/mol. The van der Waals surface area contributed by atoms with Crippen LogP contribution in [-0.2, 0) is 9.59 Å². The van der Waals surface area contributed by atoms with Gasteiger partial charge in [0, 0.05) is 12.8 Å². The fraction of sp³-hybridized carbons (Fsp3) is 0.833. The number of hydrogen-bond acceptors (Lipinski definition) is 2. The third-order valence-electron chi connectivity index (χ3n) is 2.68. The Hall–Kier alpha value is -1.06. The highest BCUT2D eigenvalue weighted by Crippen LogP contribution is 2.16. The summed E-state index contributed by atoms with van der Waals surface area (Å²) in [7, 11) is 0. The van der Waals surface area contributed by atoms with Crippen molar-refractivity contribution in [3.05, 3.63) is 0 Å². The number of carboxylic acid groups (broad SMARTS) is 2. The van der Waals surface area contributed by atoms with Crippen molar-refractivity contribution in [3.8, 4) is 0 Å². The summed E-state index contributed by atoms with van der Waals surface area (Å²) >= 11 is 0. The Morgan fingerprint density at radius 2 is 1.38 bits per heavy atom. The largest absolute Gasteiger partial charge is 0.481 e. The van der Waals surface area contributed by atoms with E-state index in [9.17, 15) is 9.59 Å². The predicted octanol–water partition coefficient (Wildman–Crippen LogP) is 2.91. The third-order valence-corrected chi connectivity index (χ3v) is 2.68. The minimum Gasteiger partial charge on any atom is -0.481 e. The second-order valence-corrected chi connectivity index (χ2v) is 4.38. The van der Waals surface area contributed by atoms with Gasteiger partial charge in [0.2, 0.25) is 0 Å². The van der Waals surface area contributed by atoms with Crippen molar-refractivity contribution in [2.75, 3.05) is 0 Å². The van der Waals surface area contributed by atoms with Gasteiger partial charge >= 0.3 is 11.9 Å². The second kappa shape index (κ2) is 9.19. The second-order valence-electron chi connectivity index (χ2n) is 4.38. The van der Waals surface area contributed by atoms with E-state index < -0.39 is 11.9 Å². The van der Waals surface area contributed by atoms with Crippen LogP contribution in [-0.4, -0.2) is 22.2 Å². The maximum absolute atomic E-state index is 10.3. The smallest absolute Gasteiger partial charge is 0.303 e. The van der Waals surface area contributed by atoms with Crippen LogP contribution in [0.5, 0.6) is 0 Å². The number of carboxylic acids is 2. The van der Waals surface area contributed by atoms with Crippen molar-refractivity contribution in [3.63, 3.8) is 0 Å². The molecular formula is C12H22O4. The van der Waals surface area contributed by atoms with Crippen LogP contribution in [0.25, 0.3) is 0 Å². The fourth-order valence-corrected chi connectivity index (χ4v) is 1.69. The Bertz CT molecular complexity index is 213. The van der Waals surface area contributed by atoms with E-state index in [1.54, 1.807) is 0 Å². The molecule has 0 heterocycles. The van der Waals surface area contributed by atoms with Crippen molar-refractivity contribution >= 4 is 11.9 Å². The number of carbonyl (C=O) groups is 2. The maximum atomic E-state index is 10.3. The SMILES string of the molecule is CC(CCCCCC(=O)O)CCCC(=O)O. The normalized spacial score (nSPS) is 12.3. The molecule has 0 aliphatic heterocycles. The molecule has 0 aromatic heterocycles. The minimum absolute atomic E-state index is 0.253. The molecule has 0 radical (unpaired) electrons. The number of aliphatic carboxylic acids is 2. The molecule has 0 spiro atoms. The van der Waals surface area contributed by atoms with Crippen LogP contribution >= 0.6 is 0 Å². The Labute approximate surface area is 96.7 Å². The summed E-state index contributed by atoms with van der Waals surface area (Å²) in [6.45, 7) is 2.12. The van der Waals surface area contributed by atoms with Gasteiger partial charge in [-0.05, 0) is 18.8 Å². The highest BCUT2D eigenvalue weighted by molar-refractivity contribution is 5.66. The lowest BCUT2D eigenvalue weighted by Gasteiger charge is -2.09. The summed E-state index contributed by atoms with van der Waals surface area (Å²) in [4.78, 5) is 20.5. The molecular weight excluding hydrogens is 208 g/mol. The molecule has 0 saturated heterocycles. The zero-order valence-electron chi connectivity index (χ0n) is 9.95. The Kier molecular flexibility index (Phi) is 8.58. The van der Waals surface area contributed by atoms with Gasteiger partial charge in [0.15, 0.2) is 0 Å². The van der Waals surface area contributed by atoms with Gasteiger partial charge in [-0.2, -0.15) is 0 Å². The summed E-state index contributed by atoms with van der Waals surface area (Å²) in [6, 6.07) is 0. The van der Waals surface area contributed by atoms with Gasteiger partial charge in [-0.1, -0.05) is 32.6 Å². The highest BCUT2D eigenvalue weighted by Gasteiger charge is 2.04. The topological polar surface area (TPSA) is 74.6 Å². The van der Waals surface area contributed by atoms with E-state index in [1.807, 2.05) is 0 Å². The molecule has 0 bridgehead atoms. The minimum atomic E-state index is -0.728. The summed E-state index contributed by atoms with van der Waals surface area (Å²) in [5.41, 5.74) is 0. The van der Waals surface area contributed by atoms with E-state index in [-0.39, 0.29) is 12.8 Å². The zero-order chi connectivity index (χ0) is 12.4. The Morgan fingerprint density at radius 1 is 0.875 bits per heavy atom. The monoisotopic (exact) mass is 230 g/mol. The number of hydrogen-bond donors (Lipinski definition) is 2. The summed E-state index contributed by atoms with van der Waals surface area (Å²) < 4.78 is 0. The average molecular weight is 230 g/mol. The summed E-state index contributed by atoms with van der Waals surface area (Å²) in [5, 5.41) is 16.9. The molecule has 0 aromatic rings. The van der Waals surface area contributed by atoms with E-state index in [0.717, 1.165) is 38.5 Å². The molecule has 0 fully saturated rings. The molecule has 1 unspecified atom stereocenters. The van der Waals surface area contributed by atoms with Crippen LogP contribution in [0, 0.1) is 5.92 Å². The lowest BCUT2D eigenvalue weighted by atomic mass is 9.97. The lowest BCUT2D eigenvalue weighted by molar-refractivity contribution is -0.138. The highest BCUT2D eigenvalue weighted by atomic mass is 16.4. The van der Waals surface area contributed by atoms with Gasteiger partial charge in [-0.3, -0.25) is 9.59 Å². The van der Waals surface area contributed by atoms with Crippen LogP contribution in [0.2, 0.25) is 0 Å². The van der Waals surface area contributed by atoms with Crippen LogP contribution in [0.4, 0.5) is 0 Å². The van der Waals surface area contributed by atoms with Gasteiger partial charge in [0.1, 0.15) is 0 Å². The molecule has 94 valence electrons. The van der Waals surface area contributed by atoms with Crippen LogP contribution in [0.3, 0.4) is 0 Å². The first-order valence-corrected chi connectivity index (χ1v) is 5.96. The summed E-state index contributed by atoms with van der Waals surface area (Å²) in [5.74, 6) is -0.910. The first-order valence-electron chi connectivity index (χ1n) is 5.96. The first kappa shape index (κ1) is 14.9. The third kappa shape index (κ3) is 11.0. The Balaban J connectivity index is 3.26. The molecule has 1 atom stereocenters. The van der Waals surface area contributed by atoms with Gasteiger partial charge in [-0.15, -0.1) is 0 Å². The molecule has 0 aliphatic carbocycles. The zero-order valence-corrected chi connectivity index (χ0v) is 9.95. The molecule has 2 N–H and O–H groups in total. The maximum Gasteiger partial charge on any atom is 0.303 e. The molecule has 0 aliphatic rings. The van der Waals surface area contributed by atoms with Gasteiger partial charge in [-0.25, -0.2) is 0 Å². The fourth-order valence-electron chi connectivity index (χ4n) is 1.69. The molecule has 4 nitrogen and oxygen atoms in total. The van der Waals surface area contributed by atoms with E-state index in [4.69, 9.17) is 10.2 Å². The molecule has 16 heavy (non-hydrogen) atoms. The molecule has 4 heteroatoms. The number of unbranched alkanes of at least 4 members (excludes halogenated alkanes) is 2. The molecule has 0 aromatic carbocycles. The summed E-state index contributed by atoms with van der Waals surface area (Å²) in [6.07, 6.45) is 6.01. The molecule has 0 rings (SSSR count). The van der Waals surface area contributed by atoms with Gasteiger partial charge < -0.3 is 10.2 Å². The Morgan fingerprint density at radius 3 is 1.94 bits per heavy atom. The van der Waals surface area contributed by atoms with Crippen molar-refractivity contribution in [1.82, 2.24) is 0 Å². The molecule has 0 saturated carbocycles. The molecule has 0 amide bonds. The van der Waals surface area contributed by atoms with Crippen molar-refractivity contribution in [1.29, 1.82) is 0 Å². The lowest BCUT2D eigenvalue weighted by Crippen LogP contribution is -1.99. The van der Waals surface area contributed by atoms with Gasteiger partial charge in [0.05, 0.1) is 0 Å². The van der Waals surface area contributed by atoms with Crippen molar-refractivity contribution < 1.29 is 19.8 Å². The first-order chi connectivity index (χ1) is 7.52.